The zero-order valence-corrected chi connectivity index (χ0v) is 26.6. The van der Waals surface area contributed by atoms with Crippen LogP contribution in [0.25, 0.3) is 22.4 Å². The van der Waals surface area contributed by atoms with E-state index in [-0.39, 0.29) is 5.91 Å². The molecule has 1 radical (unpaired) electrons. The van der Waals surface area contributed by atoms with Crippen molar-refractivity contribution >= 4 is 36.2 Å². The third-order valence-electron chi connectivity index (χ3n) is 5.79. The van der Waals surface area contributed by atoms with Crippen molar-refractivity contribution in [2.45, 2.75) is 68.1 Å². The van der Waals surface area contributed by atoms with E-state index in [0.717, 1.165) is 40.4 Å². The monoisotopic (exact) mass is 574 g/mol. The summed E-state index contributed by atoms with van der Waals surface area (Å²) in [4.78, 5) is 30.4. The molecule has 0 aliphatic rings. The fraction of sp³-hybridized carbons (Fsp3) is 0.375. The van der Waals surface area contributed by atoms with Crippen LogP contribution >= 0.6 is 11.3 Å². The summed E-state index contributed by atoms with van der Waals surface area (Å²) in [5.41, 5.74) is 5.95. The van der Waals surface area contributed by atoms with E-state index < -0.39 is 0 Å². The minimum atomic E-state index is -0.0156. The Hall–Kier alpha value is -3.72. The summed E-state index contributed by atoms with van der Waals surface area (Å²) in [5, 5.41) is 7.85. The first-order valence-electron chi connectivity index (χ1n) is 14.3. The number of anilines is 1. The Morgan fingerprint density at radius 3 is 2.34 bits per heavy atom. The van der Waals surface area contributed by atoms with Crippen LogP contribution in [-0.2, 0) is 11.2 Å². The number of carbonyl (C=O) groups is 2. The number of aromatic nitrogens is 3. The Kier molecular flexibility index (Phi) is 17.4. The summed E-state index contributed by atoms with van der Waals surface area (Å²) >= 11 is 1.41. The molecule has 0 aliphatic carbocycles. The minimum Gasteiger partial charge on any atom is -0.402 e. The number of hydrogen-bond donors (Lipinski definition) is 2. The van der Waals surface area contributed by atoms with E-state index in [1.807, 2.05) is 75.5 Å². The van der Waals surface area contributed by atoms with E-state index in [1.165, 1.54) is 17.8 Å². The van der Waals surface area contributed by atoms with E-state index in [9.17, 15) is 9.59 Å². The maximum atomic E-state index is 11.2. The summed E-state index contributed by atoms with van der Waals surface area (Å²) in [6.07, 6.45) is 8.36. The van der Waals surface area contributed by atoms with Gasteiger partial charge in [0.05, 0.1) is 11.3 Å². The normalized spacial score (nSPS) is 9.68. The Morgan fingerprint density at radius 1 is 1.07 bits per heavy atom. The first-order valence-corrected chi connectivity index (χ1v) is 15.2. The van der Waals surface area contributed by atoms with Crippen LogP contribution in [0.5, 0.6) is 0 Å². The molecule has 2 N–H and O–H groups in total. The highest BCUT2D eigenvalue weighted by atomic mass is 32.1. The van der Waals surface area contributed by atoms with Crippen molar-refractivity contribution < 1.29 is 9.59 Å². The third-order valence-corrected chi connectivity index (χ3v) is 6.56. The van der Waals surface area contributed by atoms with Crippen LogP contribution in [0.4, 0.5) is 5.13 Å². The van der Waals surface area contributed by atoms with Crippen molar-refractivity contribution in [1.29, 1.82) is 0 Å². The van der Waals surface area contributed by atoms with Crippen LogP contribution in [-0.4, -0.2) is 40.7 Å². The second kappa shape index (κ2) is 20.2. The van der Waals surface area contributed by atoms with Gasteiger partial charge in [0.1, 0.15) is 0 Å². The molecule has 3 aromatic heterocycles. The van der Waals surface area contributed by atoms with E-state index in [4.69, 9.17) is 0 Å². The van der Waals surface area contributed by atoms with Crippen LogP contribution < -0.4 is 10.6 Å². The molecule has 1 aromatic carbocycles. The standard InChI is InChI=1S/C17H15N3OS.C8H12BN2O.C5H12.C2H6/c1-2-15-9-13(6-7-18-15)12-4-3-5-14(8-12)16-10-22-17(20-16)19-11-21;1-3-10-8(12)7-4-5-11(6-7)9-2;1-4-5(2)3;1-2/h3-11H,2H2,1H3,(H,19,20,21);4-6H,3H2,1-2H3,(H,10,12);5H,4H2,1-3H3;1-2H3. The second-order valence-electron chi connectivity index (χ2n) is 9.04. The molecular weight excluding hydrogens is 529 g/mol. The Labute approximate surface area is 251 Å². The highest BCUT2D eigenvalue weighted by Crippen LogP contribution is 2.28. The van der Waals surface area contributed by atoms with Crippen molar-refractivity contribution in [3.05, 3.63) is 77.7 Å². The molecule has 0 aliphatic heterocycles. The summed E-state index contributed by atoms with van der Waals surface area (Å²) < 4.78 is 1.85. The van der Waals surface area contributed by atoms with Crippen molar-refractivity contribution in [2.24, 2.45) is 5.92 Å². The molecule has 0 saturated carbocycles. The van der Waals surface area contributed by atoms with Gasteiger partial charge in [0.2, 0.25) is 13.8 Å². The van der Waals surface area contributed by atoms with Crippen molar-refractivity contribution in [1.82, 2.24) is 19.8 Å². The number of carbonyl (C=O) groups excluding carboxylic acids is 2. The zero-order valence-electron chi connectivity index (χ0n) is 25.8. The number of thiazole rings is 1. The van der Waals surface area contributed by atoms with Gasteiger partial charge in [-0.25, -0.2) is 4.98 Å². The smallest absolute Gasteiger partial charge is 0.252 e. The average Bonchev–Trinajstić information content (AvgIpc) is 3.70. The molecule has 0 saturated heterocycles. The van der Waals surface area contributed by atoms with Crippen LogP contribution in [0.3, 0.4) is 0 Å². The number of aryl methyl sites for hydroxylation is 1. The van der Waals surface area contributed by atoms with Gasteiger partial charge in [0, 0.05) is 35.6 Å². The van der Waals surface area contributed by atoms with Gasteiger partial charge >= 0.3 is 0 Å². The predicted octanol–water partition coefficient (Wildman–Crippen LogP) is 7.83. The molecular formula is C32H45BN5O2S. The fourth-order valence-electron chi connectivity index (χ4n) is 3.20. The molecule has 0 bridgehead atoms. The lowest BCUT2D eigenvalue weighted by Crippen LogP contribution is -2.22. The zero-order chi connectivity index (χ0) is 30.6. The van der Waals surface area contributed by atoms with E-state index in [2.05, 4.69) is 66.5 Å². The first-order chi connectivity index (χ1) is 19.8. The molecule has 0 fully saturated rings. The van der Waals surface area contributed by atoms with Crippen molar-refractivity contribution in [2.75, 3.05) is 11.9 Å². The Balaban J connectivity index is 0.000000372. The van der Waals surface area contributed by atoms with Gasteiger partial charge in [-0.05, 0) is 60.9 Å². The molecule has 9 heteroatoms. The molecule has 3 heterocycles. The SMILES string of the molecule is CC.CCC(C)C.CCc1cc(-c2cccc(-c3csc(NC=O)n3)c2)ccn1.C[B]n1ccc(C(=O)NCC)c1. The molecule has 7 nitrogen and oxygen atoms in total. The molecule has 41 heavy (non-hydrogen) atoms. The number of benzene rings is 1. The van der Waals surface area contributed by atoms with E-state index in [0.29, 0.717) is 23.6 Å². The van der Waals surface area contributed by atoms with E-state index in [1.54, 1.807) is 12.3 Å². The largest absolute Gasteiger partial charge is 0.402 e. The van der Waals surface area contributed by atoms with Crippen LogP contribution in [0.2, 0.25) is 6.82 Å². The van der Waals surface area contributed by atoms with Gasteiger partial charge < -0.3 is 15.1 Å². The lowest BCUT2D eigenvalue weighted by molar-refractivity contribution is -0.105. The molecule has 4 aromatic rings. The summed E-state index contributed by atoms with van der Waals surface area (Å²) in [6, 6.07) is 14.1. The highest BCUT2D eigenvalue weighted by molar-refractivity contribution is 7.14. The molecule has 0 atom stereocenters. The van der Waals surface area contributed by atoms with Crippen LogP contribution in [0.15, 0.2) is 66.4 Å². The molecule has 219 valence electrons. The lowest BCUT2D eigenvalue weighted by Gasteiger charge is -2.05. The average molecular weight is 575 g/mol. The van der Waals surface area contributed by atoms with Crippen LogP contribution in [0, 0.1) is 5.92 Å². The van der Waals surface area contributed by atoms with Gasteiger partial charge in [-0.1, -0.05) is 73.0 Å². The Bertz CT molecular complexity index is 1300. The summed E-state index contributed by atoms with van der Waals surface area (Å²) in [6.45, 7) is 17.2. The summed E-state index contributed by atoms with van der Waals surface area (Å²) in [7, 11) is 1.89. The quantitative estimate of drug-likeness (QED) is 0.157. The molecule has 2 amide bonds. The molecule has 0 spiro atoms. The number of nitrogens with one attached hydrogen (secondary N) is 2. The number of rotatable bonds is 9. The lowest BCUT2D eigenvalue weighted by atomic mass is 10.0. The predicted molar refractivity (Wildman–Crippen MR) is 176 cm³/mol. The number of pyridine rings is 1. The van der Waals surface area contributed by atoms with Gasteiger partial charge in [-0.2, -0.15) is 0 Å². The van der Waals surface area contributed by atoms with E-state index >= 15 is 0 Å². The number of amides is 2. The van der Waals surface area contributed by atoms with Gasteiger partial charge in [0.15, 0.2) is 5.13 Å². The van der Waals surface area contributed by atoms with Crippen LogP contribution in [0.1, 0.15) is 70.9 Å². The summed E-state index contributed by atoms with van der Waals surface area (Å²) in [5.74, 6) is 0.869. The van der Waals surface area contributed by atoms with Gasteiger partial charge in [0.25, 0.3) is 5.91 Å². The Morgan fingerprint density at radius 2 is 1.76 bits per heavy atom. The topological polar surface area (TPSA) is 88.9 Å². The number of nitrogens with zero attached hydrogens (tertiary/aromatic N) is 3. The maximum absolute atomic E-state index is 11.2. The maximum Gasteiger partial charge on any atom is 0.252 e. The van der Waals surface area contributed by atoms with Gasteiger partial charge in [-0.15, -0.1) is 11.3 Å². The fourth-order valence-corrected chi connectivity index (χ4v) is 3.88. The second-order valence-corrected chi connectivity index (χ2v) is 9.90. The molecule has 0 unspecified atom stereocenters. The minimum absolute atomic E-state index is 0.0156. The highest BCUT2D eigenvalue weighted by Gasteiger charge is 2.07. The third kappa shape index (κ3) is 12.6. The first kappa shape index (κ1) is 35.3. The molecule has 4 rings (SSSR count). The van der Waals surface area contributed by atoms with Crippen molar-refractivity contribution in [3.8, 4) is 22.4 Å². The number of hydrogen-bond acceptors (Lipinski definition) is 5. The van der Waals surface area contributed by atoms with Gasteiger partial charge in [-0.3, -0.25) is 14.6 Å². The van der Waals surface area contributed by atoms with Crippen molar-refractivity contribution in [3.63, 3.8) is 0 Å².